The van der Waals surface area contributed by atoms with E-state index in [1.165, 1.54) is 23.3 Å². The fourth-order valence-electron chi connectivity index (χ4n) is 2.34. The summed E-state index contributed by atoms with van der Waals surface area (Å²) in [6.07, 6.45) is -3.78. The van der Waals surface area contributed by atoms with Gasteiger partial charge in [-0.05, 0) is 39.1 Å². The maximum Gasteiger partial charge on any atom is 0.401 e. The fourth-order valence-corrected chi connectivity index (χ4v) is 3.45. The minimum Gasteiger partial charge on any atom is -0.351 e. The van der Waals surface area contributed by atoms with Gasteiger partial charge in [-0.3, -0.25) is 9.69 Å². The molecule has 0 unspecified atom stereocenters. The molecule has 4 nitrogen and oxygen atoms in total. The van der Waals surface area contributed by atoms with Gasteiger partial charge in [-0.1, -0.05) is 23.7 Å². The number of benzene rings is 1. The van der Waals surface area contributed by atoms with Gasteiger partial charge in [-0.2, -0.15) is 13.2 Å². The van der Waals surface area contributed by atoms with Gasteiger partial charge in [0.15, 0.2) is 0 Å². The SMILES string of the molecule is Cc1nc(-c2ccc(Cl)cc2)sc1C(=O)NCCCN(C)CC(F)(F)F. The predicted molar refractivity (Wildman–Crippen MR) is 97.8 cm³/mol. The summed E-state index contributed by atoms with van der Waals surface area (Å²) in [4.78, 5) is 18.4. The van der Waals surface area contributed by atoms with Crippen LogP contribution in [0.3, 0.4) is 0 Å². The Balaban J connectivity index is 1.87. The largest absolute Gasteiger partial charge is 0.401 e. The number of alkyl halides is 3. The van der Waals surface area contributed by atoms with Crippen molar-refractivity contribution in [2.75, 3.05) is 26.7 Å². The van der Waals surface area contributed by atoms with Gasteiger partial charge >= 0.3 is 6.18 Å². The lowest BCUT2D eigenvalue weighted by Gasteiger charge is -2.18. The first-order valence-electron chi connectivity index (χ1n) is 7.92. The van der Waals surface area contributed by atoms with Crippen LogP contribution >= 0.6 is 22.9 Å². The molecule has 2 aromatic rings. The summed E-state index contributed by atoms with van der Waals surface area (Å²) < 4.78 is 36.7. The Bertz CT molecular complexity index is 747. The summed E-state index contributed by atoms with van der Waals surface area (Å²) in [5.41, 5.74) is 1.49. The summed E-state index contributed by atoms with van der Waals surface area (Å²) in [6, 6.07) is 7.17. The lowest BCUT2D eigenvalue weighted by Crippen LogP contribution is -2.33. The number of carbonyl (C=O) groups is 1. The van der Waals surface area contributed by atoms with Crippen LogP contribution in [0.15, 0.2) is 24.3 Å². The first kappa shape index (κ1) is 20.7. The van der Waals surface area contributed by atoms with Gasteiger partial charge in [-0.25, -0.2) is 4.98 Å². The Kier molecular flexibility index (Phi) is 7.02. The molecule has 0 radical (unpaired) electrons. The quantitative estimate of drug-likeness (QED) is 0.695. The van der Waals surface area contributed by atoms with Crippen molar-refractivity contribution in [3.8, 4) is 10.6 Å². The molecule has 26 heavy (non-hydrogen) atoms. The summed E-state index contributed by atoms with van der Waals surface area (Å²) in [7, 11) is 1.40. The first-order chi connectivity index (χ1) is 12.2. The van der Waals surface area contributed by atoms with E-state index in [1.807, 2.05) is 12.1 Å². The average Bonchev–Trinajstić information content (AvgIpc) is 2.92. The number of aromatic nitrogens is 1. The Morgan fingerprint density at radius 1 is 1.31 bits per heavy atom. The molecule has 0 fully saturated rings. The zero-order valence-electron chi connectivity index (χ0n) is 14.4. The van der Waals surface area contributed by atoms with Crippen LogP contribution in [0.2, 0.25) is 5.02 Å². The summed E-state index contributed by atoms with van der Waals surface area (Å²) in [5.74, 6) is -0.265. The number of rotatable bonds is 7. The van der Waals surface area contributed by atoms with Gasteiger partial charge in [0.2, 0.25) is 0 Å². The summed E-state index contributed by atoms with van der Waals surface area (Å²) in [6.45, 7) is 1.34. The summed E-state index contributed by atoms with van der Waals surface area (Å²) in [5, 5.41) is 4.07. The van der Waals surface area contributed by atoms with Crippen molar-refractivity contribution in [2.24, 2.45) is 0 Å². The van der Waals surface area contributed by atoms with E-state index in [0.717, 1.165) is 5.56 Å². The number of thiazole rings is 1. The number of carbonyl (C=O) groups excluding carboxylic acids is 1. The van der Waals surface area contributed by atoms with Crippen LogP contribution in [0.5, 0.6) is 0 Å². The van der Waals surface area contributed by atoms with Crippen LogP contribution in [-0.2, 0) is 0 Å². The molecule has 0 saturated heterocycles. The Hall–Kier alpha value is -1.64. The monoisotopic (exact) mass is 405 g/mol. The highest BCUT2D eigenvalue weighted by atomic mass is 35.5. The van der Waals surface area contributed by atoms with E-state index >= 15 is 0 Å². The third-order valence-corrected chi connectivity index (χ3v) is 5.00. The third kappa shape index (κ3) is 6.26. The standard InChI is InChI=1S/C17H19ClF3N3OS/c1-11-14(26-16(23-11)12-4-6-13(18)7-5-12)15(25)22-8-3-9-24(2)10-17(19,20)21/h4-7H,3,8-10H2,1-2H3,(H,22,25). The second-order valence-electron chi connectivity index (χ2n) is 5.90. The van der Waals surface area contributed by atoms with E-state index in [0.29, 0.717) is 33.6 Å². The van der Waals surface area contributed by atoms with Crippen LogP contribution in [0, 0.1) is 6.92 Å². The highest BCUT2D eigenvalue weighted by Crippen LogP contribution is 2.28. The molecule has 0 atom stereocenters. The molecule has 0 aliphatic heterocycles. The van der Waals surface area contributed by atoms with Crippen molar-refractivity contribution in [3.05, 3.63) is 39.9 Å². The van der Waals surface area contributed by atoms with E-state index < -0.39 is 12.7 Å². The predicted octanol–water partition coefficient (Wildman–Crippen LogP) is 4.39. The molecule has 1 heterocycles. The normalized spacial score (nSPS) is 11.8. The van der Waals surface area contributed by atoms with Crippen molar-refractivity contribution in [1.29, 1.82) is 0 Å². The lowest BCUT2D eigenvalue weighted by molar-refractivity contribution is -0.143. The lowest BCUT2D eigenvalue weighted by atomic mass is 10.2. The maximum absolute atomic E-state index is 12.3. The highest BCUT2D eigenvalue weighted by molar-refractivity contribution is 7.17. The molecule has 0 saturated carbocycles. The molecule has 1 aromatic heterocycles. The summed E-state index contributed by atoms with van der Waals surface area (Å²) >= 11 is 7.14. The number of nitrogens with one attached hydrogen (secondary N) is 1. The molecular formula is C17H19ClF3N3OS. The second kappa shape index (κ2) is 8.83. The fraction of sp³-hybridized carbons (Fsp3) is 0.412. The van der Waals surface area contributed by atoms with Crippen molar-refractivity contribution in [3.63, 3.8) is 0 Å². The van der Waals surface area contributed by atoms with Crippen LogP contribution in [0.4, 0.5) is 13.2 Å². The molecule has 0 bridgehead atoms. The molecule has 2 rings (SSSR count). The highest BCUT2D eigenvalue weighted by Gasteiger charge is 2.28. The van der Waals surface area contributed by atoms with E-state index in [-0.39, 0.29) is 12.5 Å². The van der Waals surface area contributed by atoms with Crippen LogP contribution in [0.1, 0.15) is 21.8 Å². The number of hydrogen-bond donors (Lipinski definition) is 1. The van der Waals surface area contributed by atoms with Gasteiger partial charge in [0.25, 0.3) is 5.91 Å². The number of amides is 1. The average molecular weight is 406 g/mol. The molecule has 1 aromatic carbocycles. The number of aryl methyl sites for hydroxylation is 1. The van der Waals surface area contributed by atoms with E-state index in [4.69, 9.17) is 11.6 Å². The topological polar surface area (TPSA) is 45.2 Å². The zero-order valence-corrected chi connectivity index (χ0v) is 15.9. The van der Waals surface area contributed by atoms with Crippen molar-refractivity contribution in [2.45, 2.75) is 19.5 Å². The van der Waals surface area contributed by atoms with Gasteiger partial charge in [-0.15, -0.1) is 11.3 Å². The first-order valence-corrected chi connectivity index (χ1v) is 9.12. The number of halogens is 4. The maximum atomic E-state index is 12.3. The molecule has 1 amide bonds. The minimum absolute atomic E-state index is 0.248. The van der Waals surface area contributed by atoms with Crippen molar-refractivity contribution in [1.82, 2.24) is 15.2 Å². The molecular weight excluding hydrogens is 387 g/mol. The van der Waals surface area contributed by atoms with Gasteiger partial charge in [0.1, 0.15) is 9.88 Å². The third-order valence-electron chi connectivity index (χ3n) is 3.55. The molecule has 1 N–H and O–H groups in total. The van der Waals surface area contributed by atoms with Crippen LogP contribution in [-0.4, -0.2) is 48.6 Å². The molecule has 0 spiro atoms. The zero-order chi connectivity index (χ0) is 19.3. The van der Waals surface area contributed by atoms with E-state index in [1.54, 1.807) is 19.1 Å². The van der Waals surface area contributed by atoms with Gasteiger partial charge < -0.3 is 5.32 Å². The molecule has 9 heteroatoms. The Morgan fingerprint density at radius 3 is 2.58 bits per heavy atom. The van der Waals surface area contributed by atoms with Crippen LogP contribution in [0.25, 0.3) is 10.6 Å². The minimum atomic E-state index is -4.21. The van der Waals surface area contributed by atoms with Gasteiger partial charge in [0, 0.05) is 17.1 Å². The van der Waals surface area contributed by atoms with Crippen molar-refractivity contribution >= 4 is 28.8 Å². The van der Waals surface area contributed by atoms with Crippen molar-refractivity contribution < 1.29 is 18.0 Å². The van der Waals surface area contributed by atoms with E-state index in [2.05, 4.69) is 10.3 Å². The Labute approximate surface area is 159 Å². The molecule has 0 aliphatic carbocycles. The number of hydrogen-bond acceptors (Lipinski definition) is 4. The Morgan fingerprint density at radius 2 is 1.96 bits per heavy atom. The molecule has 142 valence electrons. The van der Waals surface area contributed by atoms with Gasteiger partial charge in [0.05, 0.1) is 12.2 Å². The van der Waals surface area contributed by atoms with Crippen LogP contribution < -0.4 is 5.32 Å². The second-order valence-corrected chi connectivity index (χ2v) is 7.34. The smallest absolute Gasteiger partial charge is 0.351 e. The molecule has 0 aliphatic rings. The number of nitrogens with zero attached hydrogens (tertiary/aromatic N) is 2. The van der Waals surface area contributed by atoms with E-state index in [9.17, 15) is 18.0 Å².